The van der Waals surface area contributed by atoms with E-state index in [0.29, 0.717) is 11.4 Å². The van der Waals surface area contributed by atoms with Crippen LogP contribution in [0.25, 0.3) is 11.8 Å². The van der Waals surface area contributed by atoms with Crippen LogP contribution in [0.15, 0.2) is 72.6 Å². The summed E-state index contributed by atoms with van der Waals surface area (Å²) in [6, 6.07) is 17.8. The maximum Gasteiger partial charge on any atom is 0.329 e. The molecule has 4 rings (SSSR count). The number of urea groups is 1. The zero-order chi connectivity index (χ0) is 22.7. The standard InChI is InChI=1S/C24H22N4O4/c1-16-6-3-4-8-20(16)25-22(29)15-28-23(30)21(26-24(28)31)14-18-7-5-13-27(18)17-9-11-19(32-2)12-10-17/h3-14H,15H2,1-2H3,(H,25,29)(H,26,31)/b21-14-. The van der Waals surface area contributed by atoms with Crippen LogP contribution in [0.2, 0.25) is 0 Å². The summed E-state index contributed by atoms with van der Waals surface area (Å²) in [5.41, 5.74) is 3.20. The molecule has 1 aliphatic heterocycles. The Balaban J connectivity index is 1.50. The van der Waals surface area contributed by atoms with Gasteiger partial charge in [0.25, 0.3) is 5.91 Å². The highest BCUT2D eigenvalue weighted by Gasteiger charge is 2.35. The number of carbonyl (C=O) groups excluding carboxylic acids is 3. The summed E-state index contributed by atoms with van der Waals surface area (Å²) in [4.78, 5) is 38.5. The number of rotatable bonds is 6. The number of carbonyl (C=O) groups is 3. The molecule has 2 N–H and O–H groups in total. The number of nitrogens with one attached hydrogen (secondary N) is 2. The molecule has 0 atom stereocenters. The van der Waals surface area contributed by atoms with Crippen molar-refractivity contribution in [3.05, 3.63) is 83.8 Å². The first-order valence-corrected chi connectivity index (χ1v) is 9.98. The molecule has 32 heavy (non-hydrogen) atoms. The molecular formula is C24H22N4O4. The molecule has 4 amide bonds. The van der Waals surface area contributed by atoms with Crippen LogP contribution in [0.5, 0.6) is 5.75 Å². The van der Waals surface area contributed by atoms with Gasteiger partial charge in [-0.25, -0.2) is 9.69 Å². The summed E-state index contributed by atoms with van der Waals surface area (Å²) < 4.78 is 7.06. The third kappa shape index (κ3) is 4.24. The Hall–Kier alpha value is -4.33. The number of hydrogen-bond donors (Lipinski definition) is 2. The predicted molar refractivity (Wildman–Crippen MR) is 120 cm³/mol. The normalized spacial score (nSPS) is 14.6. The summed E-state index contributed by atoms with van der Waals surface area (Å²) in [7, 11) is 1.60. The molecule has 0 saturated carbocycles. The Bertz CT molecular complexity index is 1210. The van der Waals surface area contributed by atoms with Gasteiger partial charge in [-0.1, -0.05) is 18.2 Å². The first-order chi connectivity index (χ1) is 15.5. The van der Waals surface area contributed by atoms with Gasteiger partial charge in [-0.3, -0.25) is 9.59 Å². The zero-order valence-corrected chi connectivity index (χ0v) is 17.7. The lowest BCUT2D eigenvalue weighted by atomic mass is 10.2. The molecule has 0 bridgehead atoms. The van der Waals surface area contributed by atoms with Gasteiger partial charge in [-0.15, -0.1) is 0 Å². The van der Waals surface area contributed by atoms with Crippen molar-refractivity contribution >= 4 is 29.6 Å². The van der Waals surface area contributed by atoms with Crippen LogP contribution in [0.4, 0.5) is 10.5 Å². The average Bonchev–Trinajstić information content (AvgIpc) is 3.35. The third-order valence-corrected chi connectivity index (χ3v) is 5.11. The number of anilines is 1. The topological polar surface area (TPSA) is 92.7 Å². The van der Waals surface area contributed by atoms with Crippen LogP contribution >= 0.6 is 0 Å². The molecule has 1 fully saturated rings. The minimum Gasteiger partial charge on any atom is -0.497 e. The van der Waals surface area contributed by atoms with Crippen molar-refractivity contribution in [2.45, 2.75) is 6.92 Å². The third-order valence-electron chi connectivity index (χ3n) is 5.11. The van der Waals surface area contributed by atoms with Gasteiger partial charge >= 0.3 is 6.03 Å². The number of methoxy groups -OCH3 is 1. The SMILES string of the molecule is COc1ccc(-n2cccc2/C=C2\NC(=O)N(CC(=O)Nc3ccccc3C)C2=O)cc1. The molecular weight excluding hydrogens is 408 g/mol. The quantitative estimate of drug-likeness (QED) is 0.464. The fourth-order valence-electron chi connectivity index (χ4n) is 3.40. The number of imide groups is 1. The van der Waals surface area contributed by atoms with Crippen molar-refractivity contribution in [2.24, 2.45) is 0 Å². The van der Waals surface area contributed by atoms with Crippen LogP contribution in [-0.4, -0.2) is 41.0 Å². The van der Waals surface area contributed by atoms with Gasteiger partial charge in [0.05, 0.1) is 7.11 Å². The number of para-hydroxylation sites is 1. The Labute approximate surface area is 185 Å². The van der Waals surface area contributed by atoms with Crippen LogP contribution in [0, 0.1) is 6.92 Å². The van der Waals surface area contributed by atoms with Gasteiger partial charge in [0.15, 0.2) is 0 Å². The number of aryl methyl sites for hydroxylation is 1. The van der Waals surface area contributed by atoms with Gasteiger partial charge in [0.1, 0.15) is 18.0 Å². The number of ether oxygens (including phenoxy) is 1. The number of nitrogens with zero attached hydrogens (tertiary/aromatic N) is 2. The van der Waals surface area contributed by atoms with Crippen molar-refractivity contribution in [1.29, 1.82) is 0 Å². The van der Waals surface area contributed by atoms with E-state index in [0.717, 1.165) is 21.9 Å². The van der Waals surface area contributed by atoms with Crippen molar-refractivity contribution in [1.82, 2.24) is 14.8 Å². The molecule has 0 aliphatic carbocycles. The minimum atomic E-state index is -0.635. The molecule has 162 valence electrons. The number of hydrogen-bond acceptors (Lipinski definition) is 4. The summed E-state index contributed by atoms with van der Waals surface area (Å²) in [5, 5.41) is 5.29. The molecule has 3 aromatic rings. The second-order valence-corrected chi connectivity index (χ2v) is 7.24. The molecule has 2 aromatic carbocycles. The fourth-order valence-corrected chi connectivity index (χ4v) is 3.40. The van der Waals surface area contributed by atoms with Crippen molar-refractivity contribution in [3.63, 3.8) is 0 Å². The van der Waals surface area contributed by atoms with Gasteiger partial charge < -0.3 is 19.9 Å². The molecule has 1 aliphatic rings. The van der Waals surface area contributed by atoms with E-state index in [4.69, 9.17) is 4.74 Å². The van der Waals surface area contributed by atoms with E-state index in [9.17, 15) is 14.4 Å². The highest BCUT2D eigenvalue weighted by molar-refractivity contribution is 6.15. The molecule has 8 nitrogen and oxygen atoms in total. The highest BCUT2D eigenvalue weighted by Crippen LogP contribution is 2.21. The summed E-state index contributed by atoms with van der Waals surface area (Å²) in [6.07, 6.45) is 3.44. The Morgan fingerprint density at radius 1 is 1.06 bits per heavy atom. The molecule has 0 unspecified atom stereocenters. The van der Waals surface area contributed by atoms with E-state index < -0.39 is 17.8 Å². The molecule has 1 aromatic heterocycles. The smallest absolute Gasteiger partial charge is 0.329 e. The van der Waals surface area contributed by atoms with Crippen LogP contribution in [0.3, 0.4) is 0 Å². The van der Waals surface area contributed by atoms with Crippen LogP contribution in [0.1, 0.15) is 11.3 Å². The summed E-state index contributed by atoms with van der Waals surface area (Å²) in [6.45, 7) is 1.48. The molecule has 0 spiro atoms. The van der Waals surface area contributed by atoms with E-state index in [1.54, 1.807) is 25.3 Å². The summed E-state index contributed by atoms with van der Waals surface area (Å²) in [5.74, 6) is -0.276. The molecule has 1 saturated heterocycles. The van der Waals surface area contributed by atoms with Crippen molar-refractivity contribution in [2.75, 3.05) is 19.0 Å². The van der Waals surface area contributed by atoms with Crippen LogP contribution in [-0.2, 0) is 9.59 Å². The maximum absolute atomic E-state index is 12.8. The fraction of sp³-hybridized carbons (Fsp3) is 0.125. The van der Waals surface area contributed by atoms with Gasteiger partial charge in [0, 0.05) is 23.3 Å². The van der Waals surface area contributed by atoms with E-state index in [2.05, 4.69) is 10.6 Å². The van der Waals surface area contributed by atoms with Crippen molar-refractivity contribution in [3.8, 4) is 11.4 Å². The maximum atomic E-state index is 12.8. The predicted octanol–water partition coefficient (Wildman–Crippen LogP) is 3.33. The lowest BCUT2D eigenvalue weighted by molar-refractivity contribution is -0.127. The number of benzene rings is 2. The van der Waals surface area contributed by atoms with E-state index >= 15 is 0 Å². The van der Waals surface area contributed by atoms with Gasteiger partial charge in [-0.05, 0) is 61.0 Å². The number of aromatic nitrogens is 1. The second-order valence-electron chi connectivity index (χ2n) is 7.24. The van der Waals surface area contributed by atoms with Crippen molar-refractivity contribution < 1.29 is 19.1 Å². The first kappa shape index (κ1) is 20.9. The second kappa shape index (κ2) is 8.81. The lowest BCUT2D eigenvalue weighted by Gasteiger charge is -2.13. The van der Waals surface area contributed by atoms with E-state index in [1.807, 2.05) is 66.2 Å². The summed E-state index contributed by atoms with van der Waals surface area (Å²) >= 11 is 0. The molecule has 8 heteroatoms. The number of amides is 4. The van der Waals surface area contributed by atoms with E-state index in [-0.39, 0.29) is 12.2 Å². The van der Waals surface area contributed by atoms with Gasteiger partial charge in [0.2, 0.25) is 5.91 Å². The van der Waals surface area contributed by atoms with Crippen LogP contribution < -0.4 is 15.4 Å². The minimum absolute atomic E-state index is 0.104. The largest absolute Gasteiger partial charge is 0.497 e. The average molecular weight is 430 g/mol. The van der Waals surface area contributed by atoms with Gasteiger partial charge in [-0.2, -0.15) is 0 Å². The Kier molecular flexibility index (Phi) is 5.76. The Morgan fingerprint density at radius 2 is 1.81 bits per heavy atom. The molecule has 2 heterocycles. The zero-order valence-electron chi connectivity index (χ0n) is 17.7. The monoisotopic (exact) mass is 430 g/mol. The molecule has 0 radical (unpaired) electrons. The lowest BCUT2D eigenvalue weighted by Crippen LogP contribution is -2.38. The first-order valence-electron chi connectivity index (χ1n) is 9.98. The van der Waals surface area contributed by atoms with E-state index in [1.165, 1.54) is 0 Å². The highest BCUT2D eigenvalue weighted by atomic mass is 16.5. The Morgan fingerprint density at radius 3 is 2.53 bits per heavy atom.